The van der Waals surface area contributed by atoms with Crippen LogP contribution in [0.4, 0.5) is 0 Å². The van der Waals surface area contributed by atoms with Crippen molar-refractivity contribution in [3.8, 4) is 0 Å². The summed E-state index contributed by atoms with van der Waals surface area (Å²) >= 11 is 5.64. The van der Waals surface area contributed by atoms with Gasteiger partial charge in [-0.3, -0.25) is 0 Å². The average Bonchev–Trinajstić information content (AvgIpc) is 2.66. The molecule has 0 saturated heterocycles. The fourth-order valence-corrected chi connectivity index (χ4v) is 1.35. The van der Waals surface area contributed by atoms with Gasteiger partial charge in [-0.1, -0.05) is 0 Å². The van der Waals surface area contributed by atoms with Gasteiger partial charge in [0.15, 0.2) is 5.22 Å². The Morgan fingerprint density at radius 3 is 2.87 bits per heavy atom. The van der Waals surface area contributed by atoms with E-state index in [2.05, 4.69) is 15.3 Å². The molecule has 2 rings (SSSR count). The number of hydrogen-bond acceptors (Lipinski definition) is 4. The lowest BCUT2D eigenvalue weighted by molar-refractivity contribution is 0.483. The van der Waals surface area contributed by atoms with E-state index in [1.54, 1.807) is 12.3 Å². The molecule has 2 aromatic rings. The van der Waals surface area contributed by atoms with Crippen LogP contribution in [0.3, 0.4) is 0 Å². The van der Waals surface area contributed by atoms with Gasteiger partial charge in [-0.2, -0.15) is 0 Å². The van der Waals surface area contributed by atoms with Crippen LogP contribution >= 0.6 is 11.6 Å². The summed E-state index contributed by atoms with van der Waals surface area (Å²) in [4.78, 5) is 7.92. The molecule has 0 unspecified atom stereocenters. The molecule has 0 aliphatic heterocycles. The van der Waals surface area contributed by atoms with Gasteiger partial charge in [0.1, 0.15) is 12.1 Å². The molecule has 0 bridgehead atoms. The van der Waals surface area contributed by atoms with Crippen LogP contribution in [-0.2, 0) is 13.1 Å². The van der Waals surface area contributed by atoms with Gasteiger partial charge in [0.25, 0.3) is 0 Å². The Balaban J connectivity index is 1.80. The van der Waals surface area contributed by atoms with Crippen LogP contribution in [0.1, 0.15) is 11.5 Å². The van der Waals surface area contributed by atoms with Crippen LogP contribution in [0, 0.1) is 0 Å². The summed E-state index contributed by atoms with van der Waals surface area (Å²) in [6.45, 7) is 1.32. The van der Waals surface area contributed by atoms with Crippen molar-refractivity contribution in [2.75, 3.05) is 0 Å². The summed E-state index contributed by atoms with van der Waals surface area (Å²) in [5, 5.41) is 3.60. The molecule has 0 aliphatic rings. The first-order valence-electron chi connectivity index (χ1n) is 4.54. The van der Waals surface area contributed by atoms with Crippen molar-refractivity contribution in [2.45, 2.75) is 13.1 Å². The Labute approximate surface area is 92.3 Å². The Hall–Kier alpha value is -1.39. The van der Waals surface area contributed by atoms with Gasteiger partial charge in [0.2, 0.25) is 0 Å². The second-order valence-corrected chi connectivity index (χ2v) is 3.38. The highest BCUT2D eigenvalue weighted by Crippen LogP contribution is 2.12. The molecule has 78 valence electrons. The third kappa shape index (κ3) is 3.04. The Kier molecular flexibility index (Phi) is 3.32. The van der Waals surface area contributed by atoms with E-state index in [1.807, 2.05) is 12.1 Å². The number of rotatable bonds is 4. The molecule has 0 atom stereocenters. The highest BCUT2D eigenvalue weighted by molar-refractivity contribution is 6.28. The van der Waals surface area contributed by atoms with Crippen LogP contribution in [0.2, 0.25) is 5.22 Å². The molecule has 2 heterocycles. The van der Waals surface area contributed by atoms with E-state index < -0.39 is 0 Å². The van der Waals surface area contributed by atoms with Crippen molar-refractivity contribution in [1.29, 1.82) is 0 Å². The molecule has 15 heavy (non-hydrogen) atoms. The highest BCUT2D eigenvalue weighted by Gasteiger charge is 1.99. The quantitative estimate of drug-likeness (QED) is 0.862. The molecular weight excluding hydrogens is 214 g/mol. The van der Waals surface area contributed by atoms with E-state index >= 15 is 0 Å². The van der Waals surface area contributed by atoms with Crippen molar-refractivity contribution in [3.05, 3.63) is 47.4 Å². The number of nitrogens with one attached hydrogen (secondary N) is 1. The molecule has 0 aliphatic carbocycles. The summed E-state index contributed by atoms with van der Waals surface area (Å²) in [6, 6.07) is 5.43. The molecule has 0 amide bonds. The van der Waals surface area contributed by atoms with Crippen molar-refractivity contribution in [3.63, 3.8) is 0 Å². The maximum Gasteiger partial charge on any atom is 0.193 e. The molecule has 4 nitrogen and oxygen atoms in total. The molecule has 0 radical (unpaired) electrons. The van der Waals surface area contributed by atoms with Gasteiger partial charge in [-0.05, 0) is 29.8 Å². The molecule has 2 aromatic heterocycles. The van der Waals surface area contributed by atoms with E-state index in [0.29, 0.717) is 18.3 Å². The molecule has 0 fully saturated rings. The van der Waals surface area contributed by atoms with E-state index in [0.717, 1.165) is 11.5 Å². The van der Waals surface area contributed by atoms with Crippen LogP contribution in [-0.4, -0.2) is 9.97 Å². The van der Waals surface area contributed by atoms with Gasteiger partial charge in [0.05, 0.1) is 12.2 Å². The molecule has 0 saturated carbocycles. The van der Waals surface area contributed by atoms with Gasteiger partial charge in [-0.15, -0.1) is 0 Å². The van der Waals surface area contributed by atoms with E-state index in [4.69, 9.17) is 16.0 Å². The number of furan rings is 1. The van der Waals surface area contributed by atoms with E-state index in [9.17, 15) is 0 Å². The summed E-state index contributed by atoms with van der Waals surface area (Å²) in [6.07, 6.45) is 3.24. The standard InChI is InChI=1S/C10H10ClN3O/c11-10-2-1-9(15-10)6-13-5-8-3-4-12-7-14-8/h1-4,7,13H,5-6H2. The minimum Gasteiger partial charge on any atom is -0.448 e. The first-order valence-corrected chi connectivity index (χ1v) is 4.92. The number of nitrogens with zero attached hydrogens (tertiary/aromatic N) is 2. The summed E-state index contributed by atoms with van der Waals surface area (Å²) in [5.41, 5.74) is 0.947. The highest BCUT2D eigenvalue weighted by atomic mass is 35.5. The first-order chi connectivity index (χ1) is 7.34. The average molecular weight is 224 g/mol. The number of aromatic nitrogens is 2. The predicted octanol–water partition coefficient (Wildman–Crippen LogP) is 2.01. The Morgan fingerprint density at radius 1 is 1.27 bits per heavy atom. The van der Waals surface area contributed by atoms with Crippen LogP contribution in [0.5, 0.6) is 0 Å². The lowest BCUT2D eigenvalue weighted by Gasteiger charge is -2.00. The van der Waals surface area contributed by atoms with Crippen LogP contribution in [0.15, 0.2) is 35.1 Å². The largest absolute Gasteiger partial charge is 0.448 e. The maximum atomic E-state index is 5.64. The zero-order valence-electron chi connectivity index (χ0n) is 7.98. The molecule has 5 heteroatoms. The maximum absolute atomic E-state index is 5.64. The fraction of sp³-hybridized carbons (Fsp3) is 0.200. The minimum absolute atomic E-state index is 0.411. The molecule has 0 spiro atoms. The third-order valence-electron chi connectivity index (χ3n) is 1.88. The van der Waals surface area contributed by atoms with Crippen molar-refractivity contribution in [1.82, 2.24) is 15.3 Å². The van der Waals surface area contributed by atoms with Crippen molar-refractivity contribution < 1.29 is 4.42 Å². The second-order valence-electron chi connectivity index (χ2n) is 3.01. The lowest BCUT2D eigenvalue weighted by Crippen LogP contribution is -2.13. The first kappa shape index (κ1) is 10.1. The summed E-state index contributed by atoms with van der Waals surface area (Å²) < 4.78 is 5.19. The lowest BCUT2D eigenvalue weighted by atomic mass is 10.4. The third-order valence-corrected chi connectivity index (χ3v) is 2.08. The normalized spacial score (nSPS) is 10.5. The molecule has 0 aromatic carbocycles. The number of hydrogen-bond donors (Lipinski definition) is 1. The van der Waals surface area contributed by atoms with Gasteiger partial charge in [0, 0.05) is 12.7 Å². The van der Waals surface area contributed by atoms with Gasteiger partial charge in [-0.25, -0.2) is 9.97 Å². The Morgan fingerprint density at radius 2 is 2.20 bits per heavy atom. The minimum atomic E-state index is 0.411. The van der Waals surface area contributed by atoms with Crippen LogP contribution in [0.25, 0.3) is 0 Å². The summed E-state index contributed by atoms with van der Waals surface area (Å²) in [7, 11) is 0. The fourth-order valence-electron chi connectivity index (χ4n) is 1.18. The van der Waals surface area contributed by atoms with E-state index in [-0.39, 0.29) is 0 Å². The van der Waals surface area contributed by atoms with Crippen LogP contribution < -0.4 is 5.32 Å². The van der Waals surface area contributed by atoms with Gasteiger partial charge < -0.3 is 9.73 Å². The van der Waals surface area contributed by atoms with E-state index in [1.165, 1.54) is 6.33 Å². The van der Waals surface area contributed by atoms with Crippen molar-refractivity contribution in [2.24, 2.45) is 0 Å². The van der Waals surface area contributed by atoms with Crippen molar-refractivity contribution >= 4 is 11.6 Å². The smallest absolute Gasteiger partial charge is 0.193 e. The predicted molar refractivity (Wildman–Crippen MR) is 56.3 cm³/mol. The molecular formula is C10H10ClN3O. The monoisotopic (exact) mass is 223 g/mol. The zero-order chi connectivity index (χ0) is 10.5. The SMILES string of the molecule is Clc1ccc(CNCc2ccncn2)o1. The number of halogens is 1. The Bertz CT molecular complexity index is 416. The second kappa shape index (κ2) is 4.91. The van der Waals surface area contributed by atoms with Gasteiger partial charge >= 0.3 is 0 Å². The molecule has 1 N–H and O–H groups in total. The summed E-state index contributed by atoms with van der Waals surface area (Å²) in [5.74, 6) is 0.814. The zero-order valence-corrected chi connectivity index (χ0v) is 8.74. The topological polar surface area (TPSA) is 51.0 Å².